The summed E-state index contributed by atoms with van der Waals surface area (Å²) >= 11 is 0. The van der Waals surface area contributed by atoms with Crippen LogP contribution in [0.2, 0.25) is 0 Å². The van der Waals surface area contributed by atoms with Crippen LogP contribution in [0.15, 0.2) is 30.3 Å². The highest BCUT2D eigenvalue weighted by atomic mass is 16.8. The summed E-state index contributed by atoms with van der Waals surface area (Å²) in [5.41, 5.74) is 1.02. The van der Waals surface area contributed by atoms with Gasteiger partial charge in [0.2, 0.25) is 0 Å². The first-order valence-corrected chi connectivity index (χ1v) is 7.46. The summed E-state index contributed by atoms with van der Waals surface area (Å²) in [6, 6.07) is 9.73. The second-order valence-corrected chi connectivity index (χ2v) is 6.08. The van der Waals surface area contributed by atoms with Crippen LogP contribution >= 0.6 is 0 Å². The minimum Gasteiger partial charge on any atom is -0.394 e. The molecule has 2 fully saturated rings. The monoisotopic (exact) mass is 310 g/mol. The van der Waals surface area contributed by atoms with Gasteiger partial charge >= 0.3 is 0 Å². The van der Waals surface area contributed by atoms with Gasteiger partial charge in [0.15, 0.2) is 12.1 Å². The van der Waals surface area contributed by atoms with E-state index in [0.717, 1.165) is 5.56 Å². The highest BCUT2D eigenvalue weighted by Crippen LogP contribution is 2.39. The Morgan fingerprint density at radius 2 is 1.95 bits per heavy atom. The van der Waals surface area contributed by atoms with Crippen molar-refractivity contribution in [3.8, 4) is 0 Å². The Hall–Kier alpha value is -1.02. The number of ether oxygens (including phenoxy) is 4. The molecule has 2 aliphatic heterocycles. The van der Waals surface area contributed by atoms with Crippen LogP contribution in [0, 0.1) is 0 Å². The number of hydrogen-bond acceptors (Lipinski definition) is 6. The van der Waals surface area contributed by atoms with E-state index in [1.165, 1.54) is 0 Å². The summed E-state index contributed by atoms with van der Waals surface area (Å²) in [4.78, 5) is 0. The first kappa shape index (κ1) is 15.9. The van der Waals surface area contributed by atoms with Gasteiger partial charge in [-0.05, 0) is 19.4 Å². The zero-order chi connectivity index (χ0) is 15.7. The van der Waals surface area contributed by atoms with Gasteiger partial charge in [-0.2, -0.15) is 0 Å². The van der Waals surface area contributed by atoms with E-state index in [4.69, 9.17) is 18.9 Å². The molecule has 5 atom stereocenters. The van der Waals surface area contributed by atoms with Crippen LogP contribution in [0.1, 0.15) is 19.4 Å². The molecule has 0 amide bonds. The Morgan fingerprint density at radius 3 is 2.64 bits per heavy atom. The molecule has 1 aromatic rings. The lowest BCUT2D eigenvalue weighted by Gasteiger charge is -2.28. The first-order chi connectivity index (χ1) is 10.5. The van der Waals surface area contributed by atoms with Crippen LogP contribution in [0.5, 0.6) is 0 Å². The smallest absolute Gasteiger partial charge is 0.190 e. The van der Waals surface area contributed by atoms with Gasteiger partial charge in [0, 0.05) is 0 Å². The average molecular weight is 310 g/mol. The lowest BCUT2D eigenvalue weighted by molar-refractivity contribution is -0.232. The molecule has 2 saturated heterocycles. The van der Waals surface area contributed by atoms with E-state index in [1.54, 1.807) is 13.8 Å². The van der Waals surface area contributed by atoms with E-state index in [0.29, 0.717) is 6.61 Å². The number of aliphatic hydroxyl groups is 2. The third kappa shape index (κ3) is 3.17. The minimum absolute atomic E-state index is 0.372. The Bertz CT molecular complexity index is 491. The second kappa shape index (κ2) is 6.23. The number of hydrogen-bond donors (Lipinski definition) is 2. The molecule has 2 aliphatic rings. The molecule has 0 spiro atoms. The summed E-state index contributed by atoms with van der Waals surface area (Å²) in [5.74, 6) is -0.751. The number of aliphatic hydroxyl groups excluding tert-OH is 2. The molecule has 0 bridgehead atoms. The van der Waals surface area contributed by atoms with Crippen molar-refractivity contribution in [1.29, 1.82) is 0 Å². The molecule has 6 heteroatoms. The first-order valence-electron chi connectivity index (χ1n) is 7.46. The fourth-order valence-corrected chi connectivity index (χ4v) is 2.87. The third-order valence-corrected chi connectivity index (χ3v) is 3.88. The van der Waals surface area contributed by atoms with Crippen molar-refractivity contribution >= 4 is 0 Å². The van der Waals surface area contributed by atoms with E-state index >= 15 is 0 Å². The zero-order valence-corrected chi connectivity index (χ0v) is 12.7. The van der Waals surface area contributed by atoms with Crippen molar-refractivity contribution in [2.24, 2.45) is 0 Å². The van der Waals surface area contributed by atoms with Gasteiger partial charge in [-0.1, -0.05) is 30.3 Å². The van der Waals surface area contributed by atoms with Crippen molar-refractivity contribution < 1.29 is 29.2 Å². The summed E-state index contributed by atoms with van der Waals surface area (Å²) < 4.78 is 23.1. The maximum absolute atomic E-state index is 9.94. The van der Waals surface area contributed by atoms with E-state index in [-0.39, 0.29) is 0 Å². The number of benzene rings is 1. The van der Waals surface area contributed by atoms with E-state index in [2.05, 4.69) is 0 Å². The summed E-state index contributed by atoms with van der Waals surface area (Å²) in [5, 5.41) is 19.1. The fourth-order valence-electron chi connectivity index (χ4n) is 2.87. The highest BCUT2D eigenvalue weighted by molar-refractivity contribution is 5.13. The van der Waals surface area contributed by atoms with E-state index < -0.39 is 43.1 Å². The molecule has 2 heterocycles. The molecular formula is C16H22O6. The molecule has 122 valence electrons. The molecule has 0 aliphatic carbocycles. The van der Waals surface area contributed by atoms with Crippen molar-refractivity contribution in [1.82, 2.24) is 0 Å². The molecule has 6 nitrogen and oxygen atoms in total. The maximum atomic E-state index is 9.94. The quantitative estimate of drug-likeness (QED) is 0.838. The highest BCUT2D eigenvalue weighted by Gasteiger charge is 2.56. The van der Waals surface area contributed by atoms with Gasteiger partial charge in [-0.25, -0.2) is 0 Å². The number of fused-ring (bicyclic) bond motifs is 1. The van der Waals surface area contributed by atoms with Gasteiger partial charge in [-0.3, -0.25) is 0 Å². The van der Waals surface area contributed by atoms with Crippen LogP contribution in [-0.4, -0.2) is 53.3 Å². The Labute approximate surface area is 129 Å². The Morgan fingerprint density at radius 1 is 1.23 bits per heavy atom. The predicted molar refractivity (Wildman–Crippen MR) is 76.8 cm³/mol. The van der Waals surface area contributed by atoms with Crippen LogP contribution in [0.3, 0.4) is 0 Å². The lowest BCUT2D eigenvalue weighted by Crippen LogP contribution is -2.44. The second-order valence-electron chi connectivity index (χ2n) is 6.08. The molecule has 0 saturated carbocycles. The number of rotatable bonds is 5. The molecule has 2 N–H and O–H groups in total. The van der Waals surface area contributed by atoms with Crippen molar-refractivity contribution in [2.45, 2.75) is 56.9 Å². The van der Waals surface area contributed by atoms with Gasteiger partial charge < -0.3 is 29.2 Å². The van der Waals surface area contributed by atoms with Crippen molar-refractivity contribution in [3.05, 3.63) is 35.9 Å². The summed E-state index contributed by atoms with van der Waals surface area (Å²) in [6.07, 6.45) is -3.25. The van der Waals surface area contributed by atoms with Crippen LogP contribution in [0.4, 0.5) is 0 Å². The maximum Gasteiger partial charge on any atom is 0.190 e. The van der Waals surface area contributed by atoms with Crippen molar-refractivity contribution in [2.75, 3.05) is 6.61 Å². The SMILES string of the molecule is CC1(C)O[C@H]2O[C@H](C(O)CO)[C@@H](OCc3ccccc3)[C@@H]2O1. The summed E-state index contributed by atoms with van der Waals surface area (Å²) in [6.45, 7) is 3.58. The molecule has 0 radical (unpaired) electrons. The lowest BCUT2D eigenvalue weighted by atomic mass is 10.1. The van der Waals surface area contributed by atoms with Crippen molar-refractivity contribution in [3.63, 3.8) is 0 Å². The van der Waals surface area contributed by atoms with Crippen LogP contribution in [-0.2, 0) is 25.6 Å². The minimum atomic E-state index is -1.04. The van der Waals surface area contributed by atoms with E-state index in [9.17, 15) is 10.2 Å². The van der Waals surface area contributed by atoms with Crippen LogP contribution < -0.4 is 0 Å². The average Bonchev–Trinajstić information content (AvgIpc) is 2.97. The van der Waals surface area contributed by atoms with E-state index in [1.807, 2.05) is 30.3 Å². The molecule has 1 unspecified atom stereocenters. The molecule has 3 rings (SSSR count). The topological polar surface area (TPSA) is 77.4 Å². The van der Waals surface area contributed by atoms with Gasteiger partial charge in [0.05, 0.1) is 13.2 Å². The molecular weight excluding hydrogens is 288 g/mol. The molecule has 1 aromatic carbocycles. The molecule has 22 heavy (non-hydrogen) atoms. The fraction of sp³-hybridized carbons (Fsp3) is 0.625. The predicted octanol–water partition coefficient (Wildman–Crippen LogP) is 0.801. The normalized spacial score (nSPS) is 34.5. The standard InChI is InChI=1S/C16H22O6/c1-16(2)21-14-13(19-9-10-6-4-3-5-7-10)12(11(18)8-17)20-15(14)22-16/h3-7,11-15,17-18H,8-9H2,1-2H3/t11?,12-,13-,14+,15-/m1/s1. The van der Waals surface area contributed by atoms with Crippen LogP contribution in [0.25, 0.3) is 0 Å². The third-order valence-electron chi connectivity index (χ3n) is 3.88. The van der Waals surface area contributed by atoms with Gasteiger partial charge in [0.25, 0.3) is 0 Å². The largest absolute Gasteiger partial charge is 0.394 e. The zero-order valence-electron chi connectivity index (χ0n) is 12.7. The van der Waals surface area contributed by atoms with Gasteiger partial charge in [0.1, 0.15) is 24.4 Å². The Kier molecular flexibility index (Phi) is 4.49. The summed E-state index contributed by atoms with van der Waals surface area (Å²) in [7, 11) is 0. The molecule has 0 aromatic heterocycles. The van der Waals surface area contributed by atoms with Gasteiger partial charge in [-0.15, -0.1) is 0 Å². The Balaban J connectivity index is 1.71.